The summed E-state index contributed by atoms with van der Waals surface area (Å²) in [4.78, 5) is 15.1. The summed E-state index contributed by atoms with van der Waals surface area (Å²) in [5.74, 6) is 0.519. The second-order valence-corrected chi connectivity index (χ2v) is 9.00. The normalized spacial score (nSPS) is 11.9. The van der Waals surface area contributed by atoms with Crippen molar-refractivity contribution in [2.24, 2.45) is 0 Å². The van der Waals surface area contributed by atoms with Crippen molar-refractivity contribution >= 4 is 17.8 Å². The van der Waals surface area contributed by atoms with Crippen molar-refractivity contribution in [3.05, 3.63) is 59.9 Å². The smallest absolute Gasteiger partial charge is 0.240 e. The predicted octanol–water partition coefficient (Wildman–Crippen LogP) is 6.08. The second kappa shape index (κ2) is 15.4. The third-order valence-electron chi connectivity index (χ3n) is 6.27. The van der Waals surface area contributed by atoms with Crippen LogP contribution in [0.3, 0.4) is 0 Å². The number of amides is 1. The van der Waals surface area contributed by atoms with Gasteiger partial charge in [0.25, 0.3) is 0 Å². The van der Waals surface area contributed by atoms with Crippen molar-refractivity contribution in [2.45, 2.75) is 64.2 Å². The van der Waals surface area contributed by atoms with Gasteiger partial charge < -0.3 is 19.5 Å². The van der Waals surface area contributed by atoms with Gasteiger partial charge in [-0.15, -0.1) is 15.0 Å². The molecular weight excluding hydrogens is 482 g/mol. The van der Waals surface area contributed by atoms with Crippen molar-refractivity contribution in [3.8, 4) is 17.2 Å². The zero-order chi connectivity index (χ0) is 27.2. The minimum atomic E-state index is -0.794. The second-order valence-electron chi connectivity index (χ2n) is 9.00. The van der Waals surface area contributed by atoms with Crippen molar-refractivity contribution in [3.63, 3.8) is 0 Å². The SMILES string of the molecule is CCCCCCCCCC=Cn1nnc(C(C(=O)Nc2c(OC)cc(OC)cc2OC)c2ccccc2)n1. The van der Waals surface area contributed by atoms with Crippen LogP contribution in [0.5, 0.6) is 17.2 Å². The molecule has 9 heteroatoms. The fourth-order valence-electron chi connectivity index (χ4n) is 4.19. The Hall–Kier alpha value is -3.88. The lowest BCUT2D eigenvalue weighted by molar-refractivity contribution is -0.116. The molecule has 38 heavy (non-hydrogen) atoms. The minimum absolute atomic E-state index is 0.292. The molecule has 0 bridgehead atoms. The van der Waals surface area contributed by atoms with Crippen LogP contribution in [0.1, 0.15) is 75.6 Å². The first-order chi connectivity index (χ1) is 18.6. The lowest BCUT2D eigenvalue weighted by Crippen LogP contribution is -2.24. The molecule has 0 aliphatic carbocycles. The molecular formula is C29H39N5O4. The van der Waals surface area contributed by atoms with E-state index < -0.39 is 5.92 Å². The Morgan fingerprint density at radius 1 is 0.947 bits per heavy atom. The number of anilines is 1. The Morgan fingerprint density at radius 3 is 2.24 bits per heavy atom. The molecule has 3 aromatic rings. The standard InChI is InChI=1S/C29H39N5O4/c1-5-6-7-8-9-10-11-12-16-19-34-32-28(31-33-34)26(22-17-14-13-15-18-22)29(35)30-27-24(37-3)20-23(36-2)21-25(27)38-4/h13-21,26H,5-12H2,1-4H3,(H,30,35). The summed E-state index contributed by atoms with van der Waals surface area (Å²) in [7, 11) is 4.59. The van der Waals surface area contributed by atoms with Crippen LogP contribution in [0.2, 0.25) is 0 Å². The number of hydrogen-bond acceptors (Lipinski definition) is 7. The molecule has 0 radical (unpaired) electrons. The van der Waals surface area contributed by atoms with E-state index in [1.807, 2.05) is 36.4 Å². The van der Waals surface area contributed by atoms with Crippen LogP contribution in [-0.2, 0) is 4.79 Å². The van der Waals surface area contributed by atoms with Crippen LogP contribution >= 0.6 is 0 Å². The number of carbonyl (C=O) groups is 1. The van der Waals surface area contributed by atoms with Crippen molar-refractivity contribution < 1.29 is 19.0 Å². The van der Waals surface area contributed by atoms with E-state index in [1.54, 1.807) is 25.4 Å². The summed E-state index contributed by atoms with van der Waals surface area (Å²) in [6.07, 6.45) is 13.6. The van der Waals surface area contributed by atoms with E-state index in [-0.39, 0.29) is 5.91 Å². The van der Waals surface area contributed by atoms with E-state index in [9.17, 15) is 4.79 Å². The molecule has 0 saturated carbocycles. The highest BCUT2D eigenvalue weighted by atomic mass is 16.5. The maximum atomic E-state index is 13.7. The predicted molar refractivity (Wildman–Crippen MR) is 149 cm³/mol. The van der Waals surface area contributed by atoms with E-state index in [1.165, 1.54) is 57.5 Å². The van der Waals surface area contributed by atoms with Gasteiger partial charge in [-0.3, -0.25) is 4.79 Å². The zero-order valence-corrected chi connectivity index (χ0v) is 22.9. The Kier molecular flexibility index (Phi) is 11.6. The number of nitrogens with zero attached hydrogens (tertiary/aromatic N) is 4. The Labute approximate surface area is 225 Å². The number of unbranched alkanes of at least 4 members (excludes halogenated alkanes) is 7. The Bertz CT molecular complexity index is 1140. The molecule has 3 rings (SSSR count). The van der Waals surface area contributed by atoms with Gasteiger partial charge in [-0.05, 0) is 23.6 Å². The fourth-order valence-corrected chi connectivity index (χ4v) is 4.19. The van der Waals surface area contributed by atoms with Crippen LogP contribution in [0, 0.1) is 0 Å². The molecule has 1 amide bonds. The van der Waals surface area contributed by atoms with Crippen LogP contribution in [0.4, 0.5) is 5.69 Å². The number of rotatable bonds is 16. The van der Waals surface area contributed by atoms with Gasteiger partial charge in [0.15, 0.2) is 5.82 Å². The first-order valence-corrected chi connectivity index (χ1v) is 13.2. The van der Waals surface area contributed by atoms with Gasteiger partial charge in [0.05, 0.1) is 21.3 Å². The number of benzene rings is 2. The third kappa shape index (κ3) is 8.06. The third-order valence-corrected chi connectivity index (χ3v) is 6.27. The van der Waals surface area contributed by atoms with E-state index in [4.69, 9.17) is 14.2 Å². The summed E-state index contributed by atoms with van der Waals surface area (Å²) >= 11 is 0. The number of hydrogen-bond donors (Lipinski definition) is 1. The number of tetrazole rings is 1. The molecule has 1 heterocycles. The largest absolute Gasteiger partial charge is 0.496 e. The van der Waals surface area contributed by atoms with E-state index >= 15 is 0 Å². The van der Waals surface area contributed by atoms with Gasteiger partial charge >= 0.3 is 0 Å². The topological polar surface area (TPSA) is 100 Å². The lowest BCUT2D eigenvalue weighted by atomic mass is 9.97. The monoisotopic (exact) mass is 521 g/mol. The number of nitrogens with one attached hydrogen (secondary N) is 1. The van der Waals surface area contributed by atoms with Gasteiger partial charge in [0.1, 0.15) is 28.9 Å². The molecule has 0 aliphatic heterocycles. The summed E-state index contributed by atoms with van der Waals surface area (Å²) in [6.45, 7) is 2.23. The Balaban J connectivity index is 1.74. The summed E-state index contributed by atoms with van der Waals surface area (Å²) in [5.41, 5.74) is 1.13. The summed E-state index contributed by atoms with van der Waals surface area (Å²) in [6, 6.07) is 12.7. The molecule has 0 saturated heterocycles. The summed E-state index contributed by atoms with van der Waals surface area (Å²) < 4.78 is 16.3. The minimum Gasteiger partial charge on any atom is -0.496 e. The zero-order valence-electron chi connectivity index (χ0n) is 22.9. The van der Waals surface area contributed by atoms with E-state index in [0.29, 0.717) is 28.8 Å². The number of carbonyl (C=O) groups excluding carboxylic acids is 1. The first-order valence-electron chi connectivity index (χ1n) is 13.2. The van der Waals surface area contributed by atoms with E-state index in [2.05, 4.69) is 27.7 Å². The van der Waals surface area contributed by atoms with Crippen LogP contribution in [-0.4, -0.2) is 47.4 Å². The number of aromatic nitrogens is 4. The quantitative estimate of drug-likeness (QED) is 0.228. The van der Waals surface area contributed by atoms with Crippen molar-refractivity contribution in [2.75, 3.05) is 26.6 Å². The molecule has 0 spiro atoms. The molecule has 0 fully saturated rings. The first kappa shape index (κ1) is 28.7. The molecule has 1 N–H and O–H groups in total. The lowest BCUT2D eigenvalue weighted by Gasteiger charge is -2.18. The van der Waals surface area contributed by atoms with Gasteiger partial charge in [-0.2, -0.15) is 0 Å². The summed E-state index contributed by atoms with van der Waals surface area (Å²) in [5, 5.41) is 15.8. The Morgan fingerprint density at radius 2 is 1.61 bits per heavy atom. The van der Waals surface area contributed by atoms with E-state index in [0.717, 1.165) is 18.4 Å². The van der Waals surface area contributed by atoms with Gasteiger partial charge in [0, 0.05) is 18.3 Å². The average Bonchev–Trinajstić information content (AvgIpc) is 3.41. The highest BCUT2D eigenvalue weighted by Crippen LogP contribution is 2.39. The molecule has 1 aromatic heterocycles. The highest BCUT2D eigenvalue weighted by molar-refractivity contribution is 6.00. The maximum Gasteiger partial charge on any atom is 0.240 e. The fraction of sp³-hybridized carbons (Fsp3) is 0.448. The van der Waals surface area contributed by atoms with Gasteiger partial charge in [0.2, 0.25) is 5.91 Å². The maximum absolute atomic E-state index is 13.7. The average molecular weight is 522 g/mol. The molecule has 2 aromatic carbocycles. The number of ether oxygens (including phenoxy) is 3. The van der Waals surface area contributed by atoms with Crippen LogP contribution in [0.15, 0.2) is 48.5 Å². The van der Waals surface area contributed by atoms with Gasteiger partial charge in [-0.1, -0.05) is 81.9 Å². The molecule has 1 atom stereocenters. The molecule has 9 nitrogen and oxygen atoms in total. The van der Waals surface area contributed by atoms with Gasteiger partial charge in [-0.25, -0.2) is 0 Å². The molecule has 0 aliphatic rings. The highest BCUT2D eigenvalue weighted by Gasteiger charge is 2.29. The number of methoxy groups -OCH3 is 3. The van der Waals surface area contributed by atoms with Crippen LogP contribution < -0.4 is 19.5 Å². The van der Waals surface area contributed by atoms with Crippen molar-refractivity contribution in [1.29, 1.82) is 0 Å². The van der Waals surface area contributed by atoms with Crippen molar-refractivity contribution in [1.82, 2.24) is 20.2 Å². The molecule has 204 valence electrons. The number of allylic oxidation sites excluding steroid dienone is 1. The molecule has 1 unspecified atom stereocenters. The van der Waals surface area contributed by atoms with Crippen LogP contribution in [0.25, 0.3) is 6.20 Å².